The van der Waals surface area contributed by atoms with Crippen molar-refractivity contribution in [3.63, 3.8) is 0 Å². The second kappa shape index (κ2) is 12.6. The Balaban J connectivity index is 2.83. The van der Waals surface area contributed by atoms with Crippen molar-refractivity contribution in [1.29, 1.82) is 0 Å². The minimum atomic E-state index is -1.82. The zero-order chi connectivity index (χ0) is 21.1. The van der Waals surface area contributed by atoms with Gasteiger partial charge in [-0.2, -0.15) is 0 Å². The molecule has 0 bridgehead atoms. The first-order chi connectivity index (χ1) is 13.3. The molecule has 4 unspecified atom stereocenters. The number of esters is 1. The molecule has 0 aromatic heterocycles. The zero-order valence-corrected chi connectivity index (χ0v) is 17.3. The first-order valence-corrected chi connectivity index (χ1v) is 9.99. The molecule has 0 saturated heterocycles. The molecule has 0 spiro atoms. The van der Waals surface area contributed by atoms with Crippen molar-refractivity contribution in [3.05, 3.63) is 34.4 Å². The number of ether oxygens (including phenoxy) is 2. The highest BCUT2D eigenvalue weighted by atomic mass is 31.2. The fraction of sp³-hybridized carbons (Fsp3) is 0.588. The van der Waals surface area contributed by atoms with Crippen LogP contribution in [0.1, 0.15) is 27.2 Å². The van der Waals surface area contributed by atoms with E-state index in [9.17, 15) is 20.0 Å². The number of hydrogen-bond donors (Lipinski definition) is 2. The van der Waals surface area contributed by atoms with Gasteiger partial charge < -0.3 is 23.6 Å². The number of benzene rings is 1. The number of nitro groups is 1. The van der Waals surface area contributed by atoms with Gasteiger partial charge in [0, 0.05) is 19.2 Å². The number of aliphatic hydroxyl groups excluding tert-OH is 1. The van der Waals surface area contributed by atoms with E-state index in [1.807, 2.05) is 6.92 Å². The number of methoxy groups -OCH3 is 1. The molecule has 10 nitrogen and oxygen atoms in total. The number of hydrogen-bond acceptors (Lipinski definition) is 9. The number of aliphatic hydroxyl groups is 1. The molecule has 0 saturated carbocycles. The van der Waals surface area contributed by atoms with Gasteiger partial charge in [-0.3, -0.25) is 14.9 Å². The van der Waals surface area contributed by atoms with Crippen LogP contribution in [0.5, 0.6) is 5.75 Å². The fourth-order valence-electron chi connectivity index (χ4n) is 2.03. The van der Waals surface area contributed by atoms with Crippen molar-refractivity contribution in [2.24, 2.45) is 0 Å². The number of nitrogens with zero attached hydrogens (tertiary/aromatic N) is 1. The lowest BCUT2D eigenvalue weighted by Crippen LogP contribution is -2.36. The Kier molecular flexibility index (Phi) is 10.9. The third-order valence-electron chi connectivity index (χ3n) is 3.68. The van der Waals surface area contributed by atoms with E-state index in [0.717, 1.165) is 0 Å². The Morgan fingerprint density at radius 2 is 1.96 bits per heavy atom. The maximum Gasteiger partial charge on any atom is 0.323 e. The van der Waals surface area contributed by atoms with Gasteiger partial charge in [0.15, 0.2) is 0 Å². The van der Waals surface area contributed by atoms with E-state index in [2.05, 4.69) is 5.09 Å². The van der Waals surface area contributed by atoms with Gasteiger partial charge >= 0.3 is 14.5 Å². The smallest absolute Gasteiger partial charge is 0.323 e. The van der Waals surface area contributed by atoms with E-state index >= 15 is 0 Å². The SMILES string of the molecule is CCOC(=O)C(C)NP(OCC(OC)C(O)CC)Oc1ccc([N+](=O)[O-])cc1. The molecule has 2 N–H and O–H groups in total. The van der Waals surface area contributed by atoms with Gasteiger partial charge in [0.1, 0.15) is 17.9 Å². The normalized spacial score (nSPS) is 15.3. The Morgan fingerprint density at radius 3 is 2.46 bits per heavy atom. The van der Waals surface area contributed by atoms with Gasteiger partial charge in [0.2, 0.25) is 0 Å². The highest BCUT2D eigenvalue weighted by Gasteiger charge is 2.25. The van der Waals surface area contributed by atoms with Gasteiger partial charge in [0.05, 0.1) is 24.2 Å². The van der Waals surface area contributed by atoms with E-state index in [1.165, 1.54) is 31.4 Å². The molecular weight excluding hydrogens is 391 g/mol. The Bertz CT molecular complexity index is 616. The van der Waals surface area contributed by atoms with Crippen LogP contribution in [0.2, 0.25) is 0 Å². The van der Waals surface area contributed by atoms with Crippen LogP contribution < -0.4 is 9.61 Å². The van der Waals surface area contributed by atoms with Crippen molar-refractivity contribution in [3.8, 4) is 5.75 Å². The lowest BCUT2D eigenvalue weighted by Gasteiger charge is -2.25. The Labute approximate surface area is 165 Å². The van der Waals surface area contributed by atoms with Crippen LogP contribution in [0.4, 0.5) is 5.69 Å². The highest BCUT2D eigenvalue weighted by molar-refractivity contribution is 7.45. The van der Waals surface area contributed by atoms with E-state index in [4.69, 9.17) is 18.5 Å². The lowest BCUT2D eigenvalue weighted by molar-refractivity contribution is -0.384. The molecule has 1 rings (SSSR count). The molecule has 1 aromatic rings. The molecule has 158 valence electrons. The average Bonchev–Trinajstić information content (AvgIpc) is 2.68. The van der Waals surface area contributed by atoms with E-state index < -0.39 is 37.7 Å². The molecule has 4 atom stereocenters. The largest absolute Gasteiger partial charge is 0.465 e. The zero-order valence-electron chi connectivity index (χ0n) is 16.4. The van der Waals surface area contributed by atoms with Crippen LogP contribution in [0.25, 0.3) is 0 Å². The van der Waals surface area contributed by atoms with Crippen LogP contribution in [0.15, 0.2) is 24.3 Å². The number of nitrogens with one attached hydrogen (secondary N) is 1. The average molecular weight is 418 g/mol. The van der Waals surface area contributed by atoms with Crippen LogP contribution >= 0.6 is 8.53 Å². The highest BCUT2D eigenvalue weighted by Crippen LogP contribution is 2.37. The molecule has 0 radical (unpaired) electrons. The number of rotatable bonds is 13. The summed E-state index contributed by atoms with van der Waals surface area (Å²) in [6, 6.07) is 4.76. The summed E-state index contributed by atoms with van der Waals surface area (Å²) in [5.74, 6) is -0.145. The summed E-state index contributed by atoms with van der Waals surface area (Å²) < 4.78 is 21.6. The molecule has 0 fully saturated rings. The number of non-ortho nitro benzene ring substituents is 1. The summed E-state index contributed by atoms with van der Waals surface area (Å²) in [7, 11) is -0.365. The van der Waals surface area contributed by atoms with Crippen molar-refractivity contribution in [1.82, 2.24) is 5.09 Å². The third-order valence-corrected chi connectivity index (χ3v) is 5.04. The Hall–Kier alpha value is -1.84. The van der Waals surface area contributed by atoms with Gasteiger partial charge in [-0.1, -0.05) is 6.92 Å². The molecule has 11 heteroatoms. The summed E-state index contributed by atoms with van der Waals surface area (Å²) in [6.45, 7) is 5.37. The standard InChI is InChI=1S/C17H27N2O8P/c1-5-15(20)16(24-4)11-26-28(18-12(3)17(21)25-6-2)27-14-9-7-13(8-10-14)19(22)23/h7-10,12,15-16,18,20H,5-6,11H2,1-4H3. The van der Waals surface area contributed by atoms with Gasteiger partial charge in [-0.25, -0.2) is 5.09 Å². The molecule has 0 amide bonds. The minimum Gasteiger partial charge on any atom is -0.465 e. The fourth-order valence-corrected chi connectivity index (χ4v) is 3.23. The molecule has 28 heavy (non-hydrogen) atoms. The van der Waals surface area contributed by atoms with Crippen LogP contribution in [-0.2, 0) is 18.8 Å². The molecule has 0 aliphatic rings. The summed E-state index contributed by atoms with van der Waals surface area (Å²) in [5.41, 5.74) is -0.0732. The first kappa shape index (κ1) is 24.2. The second-order valence-electron chi connectivity index (χ2n) is 5.75. The van der Waals surface area contributed by atoms with Crippen molar-refractivity contribution < 1.29 is 33.3 Å². The summed E-state index contributed by atoms with van der Waals surface area (Å²) in [6.07, 6.45) is -0.811. The second-order valence-corrected chi connectivity index (χ2v) is 6.96. The van der Waals surface area contributed by atoms with E-state index in [0.29, 0.717) is 12.2 Å². The number of nitro benzene ring substituents is 1. The van der Waals surface area contributed by atoms with Crippen molar-refractivity contribution >= 4 is 20.2 Å². The quantitative estimate of drug-likeness (QED) is 0.215. The van der Waals surface area contributed by atoms with Crippen molar-refractivity contribution in [2.75, 3.05) is 20.3 Å². The van der Waals surface area contributed by atoms with E-state index in [-0.39, 0.29) is 18.9 Å². The summed E-state index contributed by atoms with van der Waals surface area (Å²) in [5, 5.41) is 23.6. The maximum absolute atomic E-state index is 11.9. The topological polar surface area (TPSA) is 129 Å². The van der Waals surface area contributed by atoms with E-state index in [1.54, 1.807) is 13.8 Å². The Morgan fingerprint density at radius 1 is 1.32 bits per heavy atom. The number of carbonyl (C=O) groups excluding carboxylic acids is 1. The lowest BCUT2D eigenvalue weighted by atomic mass is 10.2. The van der Waals surface area contributed by atoms with Gasteiger partial charge in [-0.15, -0.1) is 0 Å². The third kappa shape index (κ3) is 8.04. The maximum atomic E-state index is 11.9. The molecule has 1 aromatic carbocycles. The predicted octanol–water partition coefficient (Wildman–Crippen LogP) is 2.54. The summed E-state index contributed by atoms with van der Waals surface area (Å²) in [4.78, 5) is 22.1. The monoisotopic (exact) mass is 418 g/mol. The van der Waals surface area contributed by atoms with Crippen LogP contribution in [-0.4, -0.2) is 54.6 Å². The molecular formula is C17H27N2O8P. The molecule has 0 aliphatic heterocycles. The minimum absolute atomic E-state index is 0.0206. The number of carbonyl (C=O) groups is 1. The molecule has 0 heterocycles. The first-order valence-electron chi connectivity index (χ1n) is 8.81. The van der Waals surface area contributed by atoms with Gasteiger partial charge in [-0.05, 0) is 32.4 Å². The van der Waals surface area contributed by atoms with Crippen LogP contribution in [0.3, 0.4) is 0 Å². The summed E-state index contributed by atoms with van der Waals surface area (Å²) >= 11 is 0. The van der Waals surface area contributed by atoms with Gasteiger partial charge in [0.25, 0.3) is 5.69 Å². The predicted molar refractivity (Wildman–Crippen MR) is 103 cm³/mol. The molecule has 0 aliphatic carbocycles. The van der Waals surface area contributed by atoms with Crippen LogP contribution in [0, 0.1) is 10.1 Å². The van der Waals surface area contributed by atoms with Crippen molar-refractivity contribution in [2.45, 2.75) is 45.4 Å².